The number of fused-ring (bicyclic) bond motifs is 2. The summed E-state index contributed by atoms with van der Waals surface area (Å²) in [5.74, 6) is 0. The van der Waals surface area contributed by atoms with Crippen LogP contribution in [0, 0.1) is 0 Å². The van der Waals surface area contributed by atoms with E-state index in [4.69, 9.17) is 9.72 Å². The van der Waals surface area contributed by atoms with E-state index in [1.165, 1.54) is 16.7 Å². The van der Waals surface area contributed by atoms with E-state index in [2.05, 4.69) is 56.3 Å². The molecule has 0 saturated carbocycles. The highest BCUT2D eigenvalue weighted by atomic mass is 16.5. The third-order valence-electron chi connectivity index (χ3n) is 4.69. The molecule has 3 heteroatoms. The number of aryl methyl sites for hydroxylation is 2. The van der Waals surface area contributed by atoms with Gasteiger partial charge in [-0.05, 0) is 63.0 Å². The normalized spacial score (nSPS) is 20.0. The summed E-state index contributed by atoms with van der Waals surface area (Å²) in [5.41, 5.74) is 4.66. The van der Waals surface area contributed by atoms with E-state index in [1.807, 2.05) is 12.3 Å². The Kier molecular flexibility index (Phi) is 4.79. The van der Waals surface area contributed by atoms with Gasteiger partial charge in [-0.2, -0.15) is 0 Å². The highest BCUT2D eigenvalue weighted by Gasteiger charge is 2.41. The fourth-order valence-corrected chi connectivity index (χ4v) is 3.63. The summed E-state index contributed by atoms with van der Waals surface area (Å²) in [6.45, 7) is 3.72. The van der Waals surface area contributed by atoms with Crippen LogP contribution in [-0.2, 0) is 23.2 Å². The molecule has 1 aromatic heterocycles. The highest BCUT2D eigenvalue weighted by Crippen LogP contribution is 2.42. The Bertz CT molecular complexity index is 619. The second kappa shape index (κ2) is 6.81. The number of ether oxygens (including phenoxy) is 1. The summed E-state index contributed by atoms with van der Waals surface area (Å²) in [7, 11) is 4.23. The molecule has 2 aromatic rings. The first kappa shape index (κ1) is 16.2. The van der Waals surface area contributed by atoms with E-state index in [0.29, 0.717) is 6.61 Å². The molecule has 0 fully saturated rings. The SMILES string of the molecule is CCOC1(CCN(C)C)c2ccccc2CCc2cccnc21. The zero-order valence-electron chi connectivity index (χ0n) is 14.4. The van der Waals surface area contributed by atoms with Gasteiger partial charge in [-0.1, -0.05) is 30.3 Å². The van der Waals surface area contributed by atoms with Gasteiger partial charge >= 0.3 is 0 Å². The van der Waals surface area contributed by atoms with E-state index in [9.17, 15) is 0 Å². The first-order chi connectivity index (χ1) is 11.2. The van der Waals surface area contributed by atoms with Crippen molar-refractivity contribution in [1.82, 2.24) is 9.88 Å². The summed E-state index contributed by atoms with van der Waals surface area (Å²) in [5, 5.41) is 0. The molecule has 0 radical (unpaired) electrons. The lowest BCUT2D eigenvalue weighted by Crippen LogP contribution is -2.37. The largest absolute Gasteiger partial charge is 0.364 e. The maximum Gasteiger partial charge on any atom is 0.137 e. The Balaban J connectivity index is 2.20. The average molecular weight is 310 g/mol. The predicted molar refractivity (Wildman–Crippen MR) is 93.7 cm³/mol. The first-order valence-electron chi connectivity index (χ1n) is 8.49. The van der Waals surface area contributed by atoms with Crippen molar-refractivity contribution in [3.05, 3.63) is 65.0 Å². The maximum absolute atomic E-state index is 6.46. The van der Waals surface area contributed by atoms with Gasteiger partial charge in [0.2, 0.25) is 0 Å². The minimum absolute atomic E-state index is 0.442. The molecule has 1 aliphatic rings. The predicted octanol–water partition coefficient (Wildman–Crippen LogP) is 3.41. The number of rotatable bonds is 5. The number of hydrogen-bond acceptors (Lipinski definition) is 3. The molecule has 23 heavy (non-hydrogen) atoms. The summed E-state index contributed by atoms with van der Waals surface area (Å²) >= 11 is 0. The lowest BCUT2D eigenvalue weighted by molar-refractivity contribution is -0.0251. The van der Waals surface area contributed by atoms with Gasteiger partial charge in [0.25, 0.3) is 0 Å². The maximum atomic E-state index is 6.46. The third kappa shape index (κ3) is 3.04. The van der Waals surface area contributed by atoms with Crippen LogP contribution in [0.5, 0.6) is 0 Å². The fraction of sp³-hybridized carbons (Fsp3) is 0.450. The number of pyridine rings is 1. The van der Waals surface area contributed by atoms with Crippen LogP contribution >= 0.6 is 0 Å². The minimum atomic E-state index is -0.442. The summed E-state index contributed by atoms with van der Waals surface area (Å²) in [4.78, 5) is 7.00. The Labute approximate surface area is 139 Å². The van der Waals surface area contributed by atoms with Gasteiger partial charge in [0, 0.05) is 19.3 Å². The van der Waals surface area contributed by atoms with Crippen LogP contribution in [0.3, 0.4) is 0 Å². The van der Waals surface area contributed by atoms with Crippen molar-refractivity contribution in [2.24, 2.45) is 0 Å². The monoisotopic (exact) mass is 310 g/mol. The summed E-state index contributed by atoms with van der Waals surface area (Å²) in [6.07, 6.45) is 4.88. The molecule has 0 saturated heterocycles. The van der Waals surface area contributed by atoms with Crippen LogP contribution in [-0.4, -0.2) is 37.1 Å². The second-order valence-corrected chi connectivity index (χ2v) is 6.48. The molecule has 3 nitrogen and oxygen atoms in total. The zero-order chi connectivity index (χ0) is 16.3. The molecule has 1 unspecified atom stereocenters. The van der Waals surface area contributed by atoms with Gasteiger partial charge in [0.1, 0.15) is 5.60 Å². The van der Waals surface area contributed by atoms with Crippen LogP contribution in [0.25, 0.3) is 0 Å². The Morgan fingerprint density at radius 1 is 1.09 bits per heavy atom. The van der Waals surface area contributed by atoms with Gasteiger partial charge < -0.3 is 9.64 Å². The molecular weight excluding hydrogens is 284 g/mol. The molecule has 0 aliphatic heterocycles. The average Bonchev–Trinajstić information content (AvgIpc) is 2.70. The van der Waals surface area contributed by atoms with Gasteiger partial charge in [-0.25, -0.2) is 0 Å². The number of aromatic nitrogens is 1. The summed E-state index contributed by atoms with van der Waals surface area (Å²) < 4.78 is 6.46. The topological polar surface area (TPSA) is 25.4 Å². The van der Waals surface area contributed by atoms with Crippen LogP contribution in [0.15, 0.2) is 42.6 Å². The third-order valence-corrected chi connectivity index (χ3v) is 4.69. The molecule has 3 rings (SSSR count). The van der Waals surface area contributed by atoms with Crippen molar-refractivity contribution in [3.8, 4) is 0 Å². The molecule has 0 N–H and O–H groups in total. The van der Waals surface area contributed by atoms with Crippen molar-refractivity contribution in [1.29, 1.82) is 0 Å². The van der Waals surface area contributed by atoms with Gasteiger partial charge in [-0.3, -0.25) is 4.98 Å². The minimum Gasteiger partial charge on any atom is -0.364 e. The smallest absolute Gasteiger partial charge is 0.137 e. The lowest BCUT2D eigenvalue weighted by Gasteiger charge is -2.36. The second-order valence-electron chi connectivity index (χ2n) is 6.48. The van der Waals surface area contributed by atoms with Gasteiger partial charge in [-0.15, -0.1) is 0 Å². The number of nitrogens with zero attached hydrogens (tertiary/aromatic N) is 2. The molecule has 1 atom stereocenters. The van der Waals surface area contributed by atoms with Gasteiger partial charge in [0.15, 0.2) is 0 Å². The van der Waals surface area contributed by atoms with Crippen molar-refractivity contribution < 1.29 is 4.74 Å². The fourth-order valence-electron chi connectivity index (χ4n) is 3.63. The summed E-state index contributed by atoms with van der Waals surface area (Å²) in [6, 6.07) is 13.0. The quantitative estimate of drug-likeness (QED) is 0.846. The molecule has 1 aromatic carbocycles. The molecule has 0 bridgehead atoms. The van der Waals surface area contributed by atoms with E-state index in [-0.39, 0.29) is 0 Å². The lowest BCUT2D eigenvalue weighted by atomic mass is 9.83. The molecule has 0 amide bonds. The van der Waals surface area contributed by atoms with E-state index < -0.39 is 5.60 Å². The standard InChI is InChI=1S/C20H26N2O/c1-4-23-20(13-15-22(2)3)18-10-6-5-8-16(18)11-12-17-9-7-14-21-19(17)20/h5-10,14H,4,11-13,15H2,1-3H3. The van der Waals surface area contributed by atoms with Crippen molar-refractivity contribution >= 4 is 0 Å². The van der Waals surface area contributed by atoms with Gasteiger partial charge in [0.05, 0.1) is 5.69 Å². The number of hydrogen-bond donors (Lipinski definition) is 0. The zero-order valence-corrected chi connectivity index (χ0v) is 14.4. The molecule has 1 heterocycles. The van der Waals surface area contributed by atoms with Crippen LogP contribution < -0.4 is 0 Å². The molecular formula is C20H26N2O. The van der Waals surface area contributed by atoms with Crippen LogP contribution in [0.2, 0.25) is 0 Å². The van der Waals surface area contributed by atoms with E-state index in [0.717, 1.165) is 31.5 Å². The van der Waals surface area contributed by atoms with Crippen molar-refractivity contribution in [3.63, 3.8) is 0 Å². The van der Waals surface area contributed by atoms with Crippen LogP contribution in [0.4, 0.5) is 0 Å². The Morgan fingerprint density at radius 2 is 1.83 bits per heavy atom. The van der Waals surface area contributed by atoms with Crippen LogP contribution in [0.1, 0.15) is 35.7 Å². The first-order valence-corrected chi connectivity index (χ1v) is 8.49. The Hall–Kier alpha value is -1.71. The van der Waals surface area contributed by atoms with E-state index in [1.54, 1.807) is 0 Å². The molecule has 122 valence electrons. The highest BCUT2D eigenvalue weighted by molar-refractivity contribution is 5.45. The number of benzene rings is 1. The Morgan fingerprint density at radius 3 is 2.61 bits per heavy atom. The molecule has 0 spiro atoms. The van der Waals surface area contributed by atoms with Crippen molar-refractivity contribution in [2.75, 3.05) is 27.2 Å². The molecule has 1 aliphatic carbocycles. The van der Waals surface area contributed by atoms with E-state index >= 15 is 0 Å². The van der Waals surface area contributed by atoms with Crippen molar-refractivity contribution in [2.45, 2.75) is 31.8 Å².